The number of hydrogen-bond acceptors (Lipinski definition) is 5. The van der Waals surface area contributed by atoms with Gasteiger partial charge in [-0.25, -0.2) is 9.78 Å². The third-order valence-corrected chi connectivity index (χ3v) is 5.97. The molecule has 0 N–H and O–H groups in total. The van der Waals surface area contributed by atoms with E-state index in [4.69, 9.17) is 15.9 Å². The van der Waals surface area contributed by atoms with Gasteiger partial charge in [0.2, 0.25) is 5.88 Å². The average Bonchev–Trinajstić information content (AvgIpc) is 2.84. The molecule has 1 aromatic heterocycles. The number of amides is 1. The van der Waals surface area contributed by atoms with Crippen molar-refractivity contribution in [2.24, 2.45) is 0 Å². The Balaban J connectivity index is 1.97. The molecule has 1 aromatic carbocycles. The molecule has 36 heavy (non-hydrogen) atoms. The second kappa shape index (κ2) is 12.4. The molecular formula is C30H37N3O3. The Morgan fingerprint density at radius 2 is 1.94 bits per heavy atom. The first-order valence-corrected chi connectivity index (χ1v) is 12.3. The van der Waals surface area contributed by atoms with Crippen molar-refractivity contribution in [2.75, 3.05) is 26.7 Å². The van der Waals surface area contributed by atoms with Gasteiger partial charge in [0.1, 0.15) is 5.60 Å². The number of methoxy groups -OCH3 is 1. The van der Waals surface area contributed by atoms with Gasteiger partial charge in [-0.15, -0.1) is 6.42 Å². The summed E-state index contributed by atoms with van der Waals surface area (Å²) in [4.78, 5) is 21.8. The molecule has 1 aliphatic rings. The van der Waals surface area contributed by atoms with Crippen LogP contribution >= 0.6 is 0 Å². The second-order valence-electron chi connectivity index (χ2n) is 9.86. The number of nitrogens with zero attached hydrogens (tertiary/aromatic N) is 3. The second-order valence-corrected chi connectivity index (χ2v) is 9.86. The number of rotatable bonds is 7. The number of allylic oxidation sites excluding steroid dienone is 3. The van der Waals surface area contributed by atoms with Crippen LogP contribution in [0.3, 0.4) is 0 Å². The monoisotopic (exact) mass is 487 g/mol. The van der Waals surface area contributed by atoms with Gasteiger partial charge in [-0.1, -0.05) is 48.4 Å². The lowest BCUT2D eigenvalue weighted by Gasteiger charge is -2.42. The summed E-state index contributed by atoms with van der Waals surface area (Å²) in [7, 11) is 1.59. The van der Waals surface area contributed by atoms with Crippen LogP contribution in [0.5, 0.6) is 5.88 Å². The maximum Gasteiger partial charge on any atom is 0.410 e. The Morgan fingerprint density at radius 3 is 2.58 bits per heavy atom. The number of pyridine rings is 1. The van der Waals surface area contributed by atoms with Crippen molar-refractivity contribution in [3.63, 3.8) is 0 Å². The molecule has 2 aromatic rings. The number of terminal acetylenes is 1. The topological polar surface area (TPSA) is 54.9 Å². The number of benzene rings is 1. The van der Waals surface area contributed by atoms with Crippen LogP contribution in [0.2, 0.25) is 0 Å². The Kier molecular flexibility index (Phi) is 9.32. The van der Waals surface area contributed by atoms with Crippen molar-refractivity contribution >= 4 is 11.7 Å². The lowest BCUT2D eigenvalue weighted by molar-refractivity contribution is -0.00218. The molecule has 1 fully saturated rings. The predicted molar refractivity (Wildman–Crippen MR) is 144 cm³/mol. The Bertz CT molecular complexity index is 1130. The summed E-state index contributed by atoms with van der Waals surface area (Å²) in [5.74, 6) is 3.34. The maximum absolute atomic E-state index is 13.2. The van der Waals surface area contributed by atoms with E-state index < -0.39 is 5.60 Å². The summed E-state index contributed by atoms with van der Waals surface area (Å²) in [5, 5.41) is 0. The molecule has 190 valence electrons. The van der Waals surface area contributed by atoms with Crippen molar-refractivity contribution in [1.29, 1.82) is 0 Å². The van der Waals surface area contributed by atoms with Crippen LogP contribution in [0, 0.1) is 12.3 Å². The van der Waals surface area contributed by atoms with E-state index in [-0.39, 0.29) is 12.1 Å². The van der Waals surface area contributed by atoms with E-state index in [1.807, 2.05) is 62.9 Å². The Labute approximate surface area is 215 Å². The molecule has 1 saturated heterocycles. The van der Waals surface area contributed by atoms with Crippen LogP contribution in [-0.4, -0.2) is 59.3 Å². The number of hydrogen-bond donors (Lipinski definition) is 0. The third-order valence-electron chi connectivity index (χ3n) is 5.97. The van der Waals surface area contributed by atoms with Crippen molar-refractivity contribution in [3.05, 3.63) is 77.5 Å². The van der Waals surface area contributed by atoms with Crippen molar-refractivity contribution in [3.8, 4) is 18.2 Å². The van der Waals surface area contributed by atoms with Gasteiger partial charge in [-0.3, -0.25) is 4.90 Å². The fraction of sp³-hybridized carbons (Fsp3) is 0.400. The van der Waals surface area contributed by atoms with E-state index in [1.54, 1.807) is 13.3 Å². The molecule has 6 heteroatoms. The highest BCUT2D eigenvalue weighted by Crippen LogP contribution is 2.30. The number of piperazine rings is 1. The summed E-state index contributed by atoms with van der Waals surface area (Å²) < 4.78 is 11.3. The first-order chi connectivity index (χ1) is 17.3. The number of aromatic nitrogens is 1. The van der Waals surface area contributed by atoms with Gasteiger partial charge in [-0.05, 0) is 57.4 Å². The quantitative estimate of drug-likeness (QED) is 0.378. The zero-order chi connectivity index (χ0) is 26.1. The van der Waals surface area contributed by atoms with E-state index in [0.29, 0.717) is 31.0 Å². The summed E-state index contributed by atoms with van der Waals surface area (Å²) in [5.41, 5.74) is 3.10. The lowest BCUT2D eigenvalue weighted by atomic mass is 9.94. The van der Waals surface area contributed by atoms with Crippen molar-refractivity contribution in [2.45, 2.75) is 52.3 Å². The first-order valence-electron chi connectivity index (χ1n) is 12.3. The standard InChI is InChI=1S/C30H37N3O3/c1-7-13-24(26(8-2)27-16-12-17-31-28(27)35-6)20-25-22-32(21-23-14-10-9-11-15-23)18-19-33(25)29(34)36-30(3,4)5/h2,7,9-17,25H,18-22H2,1,3-6H3/b13-7-,26-24-/t25-/m1/s1. The molecule has 1 aliphatic heterocycles. The molecule has 0 spiro atoms. The summed E-state index contributed by atoms with van der Waals surface area (Å²) in [6.07, 6.45) is 12.0. The smallest absolute Gasteiger partial charge is 0.410 e. The van der Waals surface area contributed by atoms with Crippen LogP contribution in [0.15, 0.2) is 66.4 Å². The highest BCUT2D eigenvalue weighted by atomic mass is 16.6. The highest BCUT2D eigenvalue weighted by molar-refractivity contribution is 5.84. The van der Waals surface area contributed by atoms with Crippen molar-refractivity contribution in [1.82, 2.24) is 14.8 Å². The molecule has 0 unspecified atom stereocenters. The zero-order valence-electron chi connectivity index (χ0n) is 22.0. The summed E-state index contributed by atoms with van der Waals surface area (Å²) in [6, 6.07) is 14.0. The van der Waals surface area contributed by atoms with Gasteiger partial charge in [-0.2, -0.15) is 0 Å². The molecule has 0 aliphatic carbocycles. The van der Waals surface area contributed by atoms with Gasteiger partial charge >= 0.3 is 6.09 Å². The molecule has 0 bridgehead atoms. The first kappa shape index (κ1) is 27.0. The van der Waals surface area contributed by atoms with E-state index in [0.717, 1.165) is 24.2 Å². The van der Waals surface area contributed by atoms with Crippen LogP contribution in [0.1, 0.15) is 45.2 Å². The van der Waals surface area contributed by atoms with Crippen molar-refractivity contribution < 1.29 is 14.3 Å². The number of carbonyl (C=O) groups excluding carboxylic acids is 1. The van der Waals surface area contributed by atoms with Gasteiger partial charge in [0.25, 0.3) is 0 Å². The van der Waals surface area contributed by atoms with Crippen LogP contribution in [-0.2, 0) is 11.3 Å². The molecule has 1 atom stereocenters. The lowest BCUT2D eigenvalue weighted by Crippen LogP contribution is -2.55. The minimum absolute atomic E-state index is 0.116. The van der Waals surface area contributed by atoms with Gasteiger partial charge < -0.3 is 14.4 Å². The van der Waals surface area contributed by atoms with Crippen LogP contribution < -0.4 is 4.74 Å². The fourth-order valence-corrected chi connectivity index (χ4v) is 4.44. The maximum atomic E-state index is 13.2. The Hall–Kier alpha value is -3.56. The molecule has 0 saturated carbocycles. The normalized spacial score (nSPS) is 17.4. The number of carbonyl (C=O) groups is 1. The molecule has 3 rings (SSSR count). The van der Waals surface area contributed by atoms with Gasteiger partial charge in [0.05, 0.1) is 18.7 Å². The molecule has 1 amide bonds. The molecule has 2 heterocycles. The average molecular weight is 488 g/mol. The zero-order valence-corrected chi connectivity index (χ0v) is 22.0. The minimum atomic E-state index is -0.572. The van der Waals surface area contributed by atoms with Gasteiger partial charge in [0.15, 0.2) is 0 Å². The largest absolute Gasteiger partial charge is 0.481 e. The molecular weight excluding hydrogens is 450 g/mol. The summed E-state index contributed by atoms with van der Waals surface area (Å²) in [6.45, 7) is 10.5. The van der Waals surface area contributed by atoms with Gasteiger partial charge in [0, 0.05) is 37.9 Å². The van der Waals surface area contributed by atoms with E-state index in [1.165, 1.54) is 5.56 Å². The Morgan fingerprint density at radius 1 is 1.19 bits per heavy atom. The highest BCUT2D eigenvalue weighted by Gasteiger charge is 2.34. The fourth-order valence-electron chi connectivity index (χ4n) is 4.44. The predicted octanol–water partition coefficient (Wildman–Crippen LogP) is 5.56. The number of ether oxygens (including phenoxy) is 2. The van der Waals surface area contributed by atoms with E-state index >= 15 is 0 Å². The minimum Gasteiger partial charge on any atom is -0.481 e. The van der Waals surface area contributed by atoms with Crippen LogP contribution in [0.25, 0.3) is 5.57 Å². The SMILES string of the molecule is C#C/C(=C(\C=C/C)C[C@@H]1CN(Cc2ccccc2)CCN1C(=O)OC(C)(C)C)c1cccnc1OC. The third kappa shape index (κ3) is 7.22. The van der Waals surface area contributed by atoms with E-state index in [2.05, 4.69) is 40.1 Å². The van der Waals surface area contributed by atoms with E-state index in [9.17, 15) is 4.79 Å². The molecule has 0 radical (unpaired) electrons. The molecule has 6 nitrogen and oxygen atoms in total. The summed E-state index contributed by atoms with van der Waals surface area (Å²) >= 11 is 0. The van der Waals surface area contributed by atoms with Crippen LogP contribution in [0.4, 0.5) is 4.79 Å².